The average Bonchev–Trinajstić information content (AvgIpc) is 3.51. The van der Waals surface area contributed by atoms with Crippen molar-refractivity contribution in [2.45, 2.75) is 102 Å². The van der Waals surface area contributed by atoms with Gasteiger partial charge in [0.1, 0.15) is 23.7 Å². The number of carbonyl (C=O) groups is 5. The van der Waals surface area contributed by atoms with Crippen LogP contribution in [0.15, 0.2) is 72.8 Å². The number of ether oxygens (including phenoxy) is 2. The van der Waals surface area contributed by atoms with E-state index in [1.54, 1.807) is 56.9 Å². The summed E-state index contributed by atoms with van der Waals surface area (Å²) in [7, 11) is 0.804. The normalized spacial score (nSPS) is 18.2. The molecule has 1 heterocycles. The van der Waals surface area contributed by atoms with Gasteiger partial charge in [-0.1, -0.05) is 61.3 Å². The fourth-order valence-corrected chi connectivity index (χ4v) is 10.1. The van der Waals surface area contributed by atoms with E-state index < -0.39 is 49.8 Å². The second-order valence-corrected chi connectivity index (χ2v) is 21.6. The fourth-order valence-electron chi connectivity index (χ4n) is 7.18. The third-order valence-electron chi connectivity index (χ3n) is 10.3. The van der Waals surface area contributed by atoms with Gasteiger partial charge < -0.3 is 25.0 Å². The molecule has 1 aliphatic carbocycles. The molecule has 11 nitrogen and oxygen atoms in total. The highest BCUT2D eigenvalue weighted by Crippen LogP contribution is 2.32. The van der Waals surface area contributed by atoms with Gasteiger partial charge in [-0.3, -0.25) is 19.3 Å². The van der Waals surface area contributed by atoms with E-state index in [0.717, 1.165) is 41.5 Å². The molecular formula is C44H54N4O7Si. The van der Waals surface area contributed by atoms with Crippen LogP contribution in [0.1, 0.15) is 84.8 Å². The number of aryl methyl sites for hydroxylation is 1. The number of hydrogen-bond donors (Lipinski definition) is 2. The largest absolute Gasteiger partial charge is 0.465 e. The molecule has 296 valence electrons. The number of nitrogens with zero attached hydrogens (tertiary/aromatic N) is 2. The Morgan fingerprint density at radius 3 is 2.20 bits per heavy atom. The maximum absolute atomic E-state index is 14.7. The van der Waals surface area contributed by atoms with Crippen LogP contribution in [0.25, 0.3) is 0 Å². The molecular weight excluding hydrogens is 725 g/mol. The second-order valence-electron chi connectivity index (χ2n) is 16.6. The minimum Gasteiger partial charge on any atom is -0.465 e. The molecule has 4 atom stereocenters. The summed E-state index contributed by atoms with van der Waals surface area (Å²) in [6.07, 6.45) is 2.73. The summed E-state index contributed by atoms with van der Waals surface area (Å²) in [5, 5.41) is 6.23. The van der Waals surface area contributed by atoms with Gasteiger partial charge in [-0.2, -0.15) is 0 Å². The van der Waals surface area contributed by atoms with Crippen molar-refractivity contribution in [3.63, 3.8) is 0 Å². The Labute approximate surface area is 331 Å². The van der Waals surface area contributed by atoms with E-state index in [2.05, 4.69) is 47.7 Å². The predicted octanol–water partition coefficient (Wildman–Crippen LogP) is 5.81. The molecule has 0 radical (unpaired) electrons. The van der Waals surface area contributed by atoms with Crippen LogP contribution in [0, 0.1) is 11.8 Å². The highest BCUT2D eigenvalue weighted by Gasteiger charge is 2.47. The Morgan fingerprint density at radius 2 is 1.57 bits per heavy atom. The van der Waals surface area contributed by atoms with Crippen LogP contribution >= 0.6 is 0 Å². The Morgan fingerprint density at radius 1 is 0.946 bits per heavy atom. The summed E-state index contributed by atoms with van der Waals surface area (Å²) in [6.45, 7) is 11.2. The van der Waals surface area contributed by atoms with E-state index >= 15 is 0 Å². The van der Waals surface area contributed by atoms with Crippen molar-refractivity contribution in [3.8, 4) is 11.8 Å². The van der Waals surface area contributed by atoms with Gasteiger partial charge in [-0.15, -0.1) is 0 Å². The summed E-state index contributed by atoms with van der Waals surface area (Å²) in [6, 6.07) is 20.2. The molecule has 2 N–H and O–H groups in total. The molecule has 0 aromatic heterocycles. The number of rotatable bonds is 9. The molecule has 0 bridgehead atoms. The zero-order valence-electron chi connectivity index (χ0n) is 33.7. The maximum atomic E-state index is 14.7. The first-order valence-corrected chi connectivity index (χ1v) is 22.6. The van der Waals surface area contributed by atoms with Gasteiger partial charge in [0.05, 0.1) is 26.8 Å². The van der Waals surface area contributed by atoms with E-state index in [1.807, 2.05) is 36.4 Å². The summed E-state index contributed by atoms with van der Waals surface area (Å²) in [5.41, 5.74) is 4.28. The predicted molar refractivity (Wildman–Crippen MR) is 217 cm³/mol. The number of methoxy groups -OCH3 is 1. The van der Waals surface area contributed by atoms with Gasteiger partial charge in [-0.25, -0.2) is 9.59 Å². The van der Waals surface area contributed by atoms with Crippen molar-refractivity contribution in [3.05, 3.63) is 106 Å². The molecule has 5 rings (SSSR count). The number of nitrogens with one attached hydrogen (secondary N) is 2. The van der Waals surface area contributed by atoms with Gasteiger partial charge in [0.15, 0.2) is 0 Å². The van der Waals surface area contributed by atoms with Crippen molar-refractivity contribution >= 4 is 37.9 Å². The lowest BCUT2D eigenvalue weighted by Crippen LogP contribution is -2.57. The zero-order chi connectivity index (χ0) is 40.8. The van der Waals surface area contributed by atoms with Crippen LogP contribution in [0.4, 0.5) is 4.79 Å². The van der Waals surface area contributed by atoms with E-state index in [1.165, 1.54) is 24.6 Å². The number of benzene rings is 3. The van der Waals surface area contributed by atoms with Crippen molar-refractivity contribution in [2.24, 2.45) is 0 Å². The number of hydrogen-bond acceptors (Lipinski definition) is 7. The summed E-state index contributed by atoms with van der Waals surface area (Å²) in [5.74, 6) is 4.76. The average molecular weight is 779 g/mol. The molecule has 0 saturated carbocycles. The molecule has 3 unspecified atom stereocenters. The minimum absolute atomic E-state index is 0.129. The lowest BCUT2D eigenvalue weighted by atomic mass is 9.87. The number of fused-ring (bicyclic) bond motifs is 1. The highest BCUT2D eigenvalue weighted by atomic mass is 28.3. The van der Waals surface area contributed by atoms with Crippen molar-refractivity contribution in [1.82, 2.24) is 20.4 Å². The number of likely N-dealkylation sites (N-methyl/N-ethyl adjacent to an activating group) is 1. The van der Waals surface area contributed by atoms with Gasteiger partial charge in [-0.05, 0) is 106 Å². The minimum atomic E-state index is -2.02. The number of esters is 1. The summed E-state index contributed by atoms with van der Waals surface area (Å²) >= 11 is 0. The van der Waals surface area contributed by atoms with Crippen LogP contribution in [0.5, 0.6) is 0 Å². The molecule has 3 aromatic carbocycles. The van der Waals surface area contributed by atoms with Crippen molar-refractivity contribution in [2.75, 3.05) is 20.3 Å². The van der Waals surface area contributed by atoms with Crippen LogP contribution in [0.2, 0.25) is 19.1 Å². The monoisotopic (exact) mass is 778 g/mol. The first-order valence-electron chi connectivity index (χ1n) is 19.2. The molecule has 56 heavy (non-hydrogen) atoms. The highest BCUT2D eigenvalue weighted by molar-refractivity contribution is 6.79. The maximum Gasteiger partial charge on any atom is 0.410 e. The smallest absolute Gasteiger partial charge is 0.410 e. The third-order valence-corrected chi connectivity index (χ3v) is 13.0. The zero-order valence-corrected chi connectivity index (χ0v) is 34.7. The van der Waals surface area contributed by atoms with Crippen LogP contribution in [-0.2, 0) is 36.7 Å². The standard InChI is InChI=1S/C44H54N4O7Si/c1-29(47(5)43(53)55-44(2,3)4)39(49)46-37(26-32-20-18-30(19-21-32)16-17-31-22-24-34(25-23-31)42(52)54-6)41(51)48-28-56(7,8)27-38(48)40(50)45-36-15-11-13-33-12-9-10-14-35(33)36/h9-10,12,14,18-25,29,36-38H,11,13,15,26-28H2,1-8H3,(H,45,50)(H,46,49)/t29?,36-,37?,38?/m1/s1. The van der Waals surface area contributed by atoms with Gasteiger partial charge >= 0.3 is 12.1 Å². The fraction of sp³-hybridized carbons (Fsp3) is 0.432. The molecule has 3 aromatic rings. The Bertz CT molecular complexity index is 2000. The first kappa shape index (κ1) is 41.7. The lowest BCUT2D eigenvalue weighted by Gasteiger charge is -2.33. The molecule has 1 aliphatic heterocycles. The summed E-state index contributed by atoms with van der Waals surface area (Å²) in [4.78, 5) is 70.1. The van der Waals surface area contributed by atoms with Crippen LogP contribution < -0.4 is 10.6 Å². The van der Waals surface area contributed by atoms with Crippen molar-refractivity contribution in [1.29, 1.82) is 0 Å². The lowest BCUT2D eigenvalue weighted by molar-refractivity contribution is -0.141. The molecule has 2 aliphatic rings. The van der Waals surface area contributed by atoms with E-state index in [4.69, 9.17) is 9.47 Å². The Hall–Kier alpha value is -5.41. The van der Waals surface area contributed by atoms with Gasteiger partial charge in [0.2, 0.25) is 17.7 Å². The number of amides is 4. The number of carbonyl (C=O) groups excluding carboxylic acids is 5. The molecule has 1 fully saturated rings. The summed E-state index contributed by atoms with van der Waals surface area (Å²) < 4.78 is 10.2. The Balaban J connectivity index is 1.37. The van der Waals surface area contributed by atoms with Gasteiger partial charge in [0.25, 0.3) is 0 Å². The second kappa shape index (κ2) is 17.6. The van der Waals surface area contributed by atoms with Gasteiger partial charge in [0, 0.05) is 30.8 Å². The quantitative estimate of drug-likeness (QED) is 0.159. The SMILES string of the molecule is COC(=O)c1ccc(C#Cc2ccc(CC(NC(=O)C(C)N(C)C(=O)OC(C)(C)C)C(=O)N3C[Si](C)(C)CC3C(=O)N[C@@H]3CCCc4ccccc43)cc2)cc1. The van der Waals surface area contributed by atoms with Crippen LogP contribution in [0.3, 0.4) is 0 Å². The topological polar surface area (TPSA) is 134 Å². The van der Waals surface area contributed by atoms with E-state index in [9.17, 15) is 24.0 Å². The third kappa shape index (κ3) is 10.7. The first-order chi connectivity index (χ1) is 26.4. The van der Waals surface area contributed by atoms with E-state index in [-0.39, 0.29) is 24.3 Å². The Kier molecular flexibility index (Phi) is 13.1. The molecule has 4 amide bonds. The molecule has 0 spiro atoms. The van der Waals surface area contributed by atoms with Crippen molar-refractivity contribution < 1.29 is 33.4 Å². The molecule has 12 heteroatoms. The van der Waals surface area contributed by atoms with Crippen LogP contribution in [-0.4, -0.2) is 91.7 Å². The van der Waals surface area contributed by atoms with E-state index in [0.29, 0.717) is 17.8 Å². The molecule has 1 saturated heterocycles.